The van der Waals surface area contributed by atoms with Crippen LogP contribution in [-0.4, -0.2) is 29.4 Å². The fourth-order valence-corrected chi connectivity index (χ4v) is 4.16. The highest BCUT2D eigenvalue weighted by atomic mass is 16.2. The van der Waals surface area contributed by atoms with Crippen molar-refractivity contribution >= 4 is 5.91 Å². The zero-order valence-electron chi connectivity index (χ0n) is 14.2. The number of carbonyl (C=O) groups is 1. The molecule has 0 radical (unpaired) electrons. The Balaban J connectivity index is 2.08. The van der Waals surface area contributed by atoms with Crippen molar-refractivity contribution in [3.8, 4) is 0 Å². The van der Waals surface area contributed by atoms with E-state index in [1.165, 1.54) is 32.1 Å². The highest BCUT2D eigenvalue weighted by molar-refractivity contribution is 5.80. The predicted octanol–water partition coefficient (Wildman–Crippen LogP) is 3.57. The van der Waals surface area contributed by atoms with Crippen LogP contribution in [0.2, 0.25) is 0 Å². The molecule has 0 aromatic rings. The lowest BCUT2D eigenvalue weighted by molar-refractivity contribution is -0.141. The average Bonchev–Trinajstić information content (AvgIpc) is 2.92. The van der Waals surface area contributed by atoms with E-state index in [1.54, 1.807) is 0 Å². The van der Waals surface area contributed by atoms with E-state index in [0.29, 0.717) is 23.8 Å². The molecule has 0 aliphatic heterocycles. The summed E-state index contributed by atoms with van der Waals surface area (Å²) in [4.78, 5) is 15.4. The van der Waals surface area contributed by atoms with Crippen LogP contribution in [0.15, 0.2) is 0 Å². The third kappa shape index (κ3) is 4.21. The highest BCUT2D eigenvalue weighted by Crippen LogP contribution is 2.33. The first kappa shape index (κ1) is 16.8. The summed E-state index contributed by atoms with van der Waals surface area (Å²) in [5.41, 5.74) is 6.32. The van der Waals surface area contributed by atoms with Gasteiger partial charge in [0.2, 0.25) is 5.91 Å². The Hall–Kier alpha value is -0.570. The molecule has 2 fully saturated rings. The first-order valence-electron chi connectivity index (χ1n) is 9.06. The van der Waals surface area contributed by atoms with Gasteiger partial charge in [0, 0.05) is 18.6 Å². The summed E-state index contributed by atoms with van der Waals surface area (Å²) in [6.45, 7) is 7.63. The lowest BCUT2D eigenvalue weighted by Gasteiger charge is -2.39. The molecule has 2 N–H and O–H groups in total. The first-order valence-corrected chi connectivity index (χ1v) is 9.06. The van der Waals surface area contributed by atoms with Crippen LogP contribution in [-0.2, 0) is 4.79 Å². The molecular weight excluding hydrogens is 260 g/mol. The summed E-state index contributed by atoms with van der Waals surface area (Å²) in [7, 11) is 0. The van der Waals surface area contributed by atoms with Crippen LogP contribution in [0.25, 0.3) is 0 Å². The predicted molar refractivity (Wildman–Crippen MR) is 87.9 cm³/mol. The van der Waals surface area contributed by atoms with Crippen LogP contribution < -0.4 is 5.73 Å². The SMILES string of the molecule is CC(C)CCN(C(=O)C1C(C)CCCC1N)C1CCCC1. The van der Waals surface area contributed by atoms with E-state index < -0.39 is 0 Å². The average molecular weight is 294 g/mol. The standard InChI is InChI=1S/C18H34N2O/c1-13(2)11-12-20(15-8-4-5-9-15)18(21)17-14(3)7-6-10-16(17)19/h13-17H,4-12,19H2,1-3H3. The van der Waals surface area contributed by atoms with Gasteiger partial charge in [-0.15, -0.1) is 0 Å². The fourth-order valence-electron chi connectivity index (χ4n) is 4.16. The van der Waals surface area contributed by atoms with Gasteiger partial charge < -0.3 is 10.6 Å². The van der Waals surface area contributed by atoms with Crippen molar-refractivity contribution in [1.29, 1.82) is 0 Å². The normalized spacial score (nSPS) is 30.8. The second-order valence-electron chi connectivity index (χ2n) is 7.75. The van der Waals surface area contributed by atoms with E-state index in [0.717, 1.165) is 25.8 Å². The third-order valence-corrected chi connectivity index (χ3v) is 5.55. The molecule has 3 unspecified atom stereocenters. The Kier molecular flexibility index (Phi) is 6.09. The molecule has 0 bridgehead atoms. The van der Waals surface area contributed by atoms with Gasteiger partial charge in [0.15, 0.2) is 0 Å². The maximum atomic E-state index is 13.2. The van der Waals surface area contributed by atoms with Gasteiger partial charge in [-0.2, -0.15) is 0 Å². The van der Waals surface area contributed by atoms with E-state index in [9.17, 15) is 4.79 Å². The van der Waals surface area contributed by atoms with Crippen LogP contribution in [0.4, 0.5) is 0 Å². The number of nitrogens with two attached hydrogens (primary N) is 1. The molecule has 0 heterocycles. The highest BCUT2D eigenvalue weighted by Gasteiger charge is 2.38. The molecular formula is C18H34N2O. The molecule has 3 heteroatoms. The number of rotatable bonds is 5. The fraction of sp³-hybridized carbons (Fsp3) is 0.944. The van der Waals surface area contributed by atoms with Crippen LogP contribution in [0.1, 0.15) is 72.1 Å². The molecule has 2 saturated carbocycles. The summed E-state index contributed by atoms with van der Waals surface area (Å²) in [5, 5.41) is 0. The summed E-state index contributed by atoms with van der Waals surface area (Å²) in [5.74, 6) is 1.53. The van der Waals surface area contributed by atoms with Crippen LogP contribution in [0, 0.1) is 17.8 Å². The van der Waals surface area contributed by atoms with Crippen molar-refractivity contribution < 1.29 is 4.79 Å². The minimum absolute atomic E-state index is 0.0616. The number of carbonyl (C=O) groups excluding carboxylic acids is 1. The smallest absolute Gasteiger partial charge is 0.227 e. The minimum atomic E-state index is 0.0616. The van der Waals surface area contributed by atoms with Crippen LogP contribution >= 0.6 is 0 Å². The monoisotopic (exact) mass is 294 g/mol. The van der Waals surface area contributed by atoms with E-state index >= 15 is 0 Å². The second-order valence-corrected chi connectivity index (χ2v) is 7.75. The van der Waals surface area contributed by atoms with Crippen LogP contribution in [0.3, 0.4) is 0 Å². The van der Waals surface area contributed by atoms with Gasteiger partial charge in [-0.05, 0) is 43.9 Å². The van der Waals surface area contributed by atoms with Gasteiger partial charge >= 0.3 is 0 Å². The molecule has 0 aromatic heterocycles. The zero-order valence-corrected chi connectivity index (χ0v) is 14.2. The molecule has 3 nitrogen and oxygen atoms in total. The lowest BCUT2D eigenvalue weighted by Crippen LogP contribution is -2.51. The molecule has 2 aliphatic rings. The molecule has 0 saturated heterocycles. The number of nitrogens with zero attached hydrogens (tertiary/aromatic N) is 1. The van der Waals surface area contributed by atoms with E-state index in [-0.39, 0.29) is 12.0 Å². The summed E-state index contributed by atoms with van der Waals surface area (Å²) in [6, 6.07) is 0.557. The molecule has 21 heavy (non-hydrogen) atoms. The Labute approximate surface area is 130 Å². The largest absolute Gasteiger partial charge is 0.339 e. The quantitative estimate of drug-likeness (QED) is 0.842. The van der Waals surface area contributed by atoms with E-state index in [4.69, 9.17) is 5.73 Å². The Morgan fingerprint density at radius 3 is 2.38 bits per heavy atom. The van der Waals surface area contributed by atoms with E-state index in [1.807, 2.05) is 0 Å². The van der Waals surface area contributed by atoms with Crippen molar-refractivity contribution in [2.45, 2.75) is 84.2 Å². The van der Waals surface area contributed by atoms with Gasteiger partial charge in [0.1, 0.15) is 0 Å². The topological polar surface area (TPSA) is 46.3 Å². The summed E-state index contributed by atoms with van der Waals surface area (Å²) < 4.78 is 0. The van der Waals surface area contributed by atoms with Gasteiger partial charge in [0.25, 0.3) is 0 Å². The lowest BCUT2D eigenvalue weighted by atomic mass is 9.76. The summed E-state index contributed by atoms with van der Waals surface area (Å²) >= 11 is 0. The van der Waals surface area contributed by atoms with Crippen LogP contribution in [0.5, 0.6) is 0 Å². The Morgan fingerprint density at radius 2 is 1.81 bits per heavy atom. The van der Waals surface area contributed by atoms with Crippen molar-refractivity contribution in [2.24, 2.45) is 23.5 Å². The molecule has 1 amide bonds. The molecule has 0 aromatic carbocycles. The van der Waals surface area contributed by atoms with E-state index in [2.05, 4.69) is 25.7 Å². The molecule has 3 atom stereocenters. The number of hydrogen-bond donors (Lipinski definition) is 1. The van der Waals surface area contributed by atoms with Crippen molar-refractivity contribution in [1.82, 2.24) is 4.90 Å². The summed E-state index contributed by atoms with van der Waals surface area (Å²) in [6.07, 6.45) is 9.42. The maximum Gasteiger partial charge on any atom is 0.227 e. The molecule has 0 spiro atoms. The second kappa shape index (κ2) is 7.62. The van der Waals surface area contributed by atoms with Gasteiger partial charge in [-0.3, -0.25) is 4.79 Å². The maximum absolute atomic E-state index is 13.2. The first-order chi connectivity index (χ1) is 10.0. The Morgan fingerprint density at radius 1 is 1.14 bits per heavy atom. The number of hydrogen-bond acceptors (Lipinski definition) is 2. The minimum Gasteiger partial charge on any atom is -0.339 e. The zero-order chi connectivity index (χ0) is 15.4. The van der Waals surface area contributed by atoms with Gasteiger partial charge in [-0.1, -0.05) is 40.0 Å². The van der Waals surface area contributed by atoms with Crippen molar-refractivity contribution in [2.75, 3.05) is 6.54 Å². The van der Waals surface area contributed by atoms with Gasteiger partial charge in [-0.25, -0.2) is 0 Å². The third-order valence-electron chi connectivity index (χ3n) is 5.55. The van der Waals surface area contributed by atoms with Gasteiger partial charge in [0.05, 0.1) is 5.92 Å². The molecule has 2 aliphatic carbocycles. The van der Waals surface area contributed by atoms with Crippen molar-refractivity contribution in [3.63, 3.8) is 0 Å². The molecule has 122 valence electrons. The molecule has 2 rings (SSSR count). The van der Waals surface area contributed by atoms with Crippen molar-refractivity contribution in [3.05, 3.63) is 0 Å². The Bertz CT molecular complexity index is 326. The number of amides is 1.